The molecule has 0 bridgehead atoms. The Hall–Kier alpha value is -1.74. The summed E-state index contributed by atoms with van der Waals surface area (Å²) in [5.74, 6) is 1.59. The lowest BCUT2D eigenvalue weighted by molar-refractivity contribution is -0.116. The zero-order valence-electron chi connectivity index (χ0n) is 14.6. The normalized spacial score (nSPS) is 16.5. The second-order valence-corrected chi connectivity index (χ2v) is 6.80. The van der Waals surface area contributed by atoms with Crippen molar-refractivity contribution in [3.63, 3.8) is 0 Å². The lowest BCUT2D eigenvalue weighted by atomic mass is 9.92. The van der Waals surface area contributed by atoms with Crippen molar-refractivity contribution in [3.05, 3.63) is 35.4 Å². The molecule has 2 aromatic carbocycles. The Balaban J connectivity index is 2.23. The summed E-state index contributed by atoms with van der Waals surface area (Å²) in [4.78, 5) is 13.9. The number of hydrogen-bond acceptors (Lipinski definition) is 2. The van der Waals surface area contributed by atoms with Crippen molar-refractivity contribution in [1.82, 2.24) is 0 Å². The SMILES string of the molecule is CCCCOc1cc2c(c3c(C)cccc13)[C@H](CCl)CN2C(C)=O. The molecule has 1 aliphatic heterocycles. The molecule has 3 rings (SSSR count). The monoisotopic (exact) mass is 345 g/mol. The van der Waals surface area contributed by atoms with Gasteiger partial charge in [-0.15, -0.1) is 11.6 Å². The van der Waals surface area contributed by atoms with E-state index in [0.717, 1.165) is 29.7 Å². The molecular formula is C20H24ClNO2. The van der Waals surface area contributed by atoms with E-state index >= 15 is 0 Å². The number of carbonyl (C=O) groups is 1. The van der Waals surface area contributed by atoms with E-state index in [4.69, 9.17) is 16.3 Å². The molecule has 0 saturated heterocycles. The van der Waals surface area contributed by atoms with Crippen LogP contribution in [-0.2, 0) is 4.79 Å². The van der Waals surface area contributed by atoms with E-state index in [1.54, 1.807) is 6.92 Å². The van der Waals surface area contributed by atoms with E-state index in [2.05, 4.69) is 32.0 Å². The van der Waals surface area contributed by atoms with Gasteiger partial charge in [0.15, 0.2) is 0 Å². The third-order valence-corrected chi connectivity index (χ3v) is 5.15. The van der Waals surface area contributed by atoms with Gasteiger partial charge in [0.05, 0.1) is 12.3 Å². The van der Waals surface area contributed by atoms with Crippen LogP contribution in [0.4, 0.5) is 5.69 Å². The van der Waals surface area contributed by atoms with Crippen LogP contribution in [0, 0.1) is 6.92 Å². The number of benzene rings is 2. The molecule has 0 unspecified atom stereocenters. The first-order valence-corrected chi connectivity index (χ1v) is 9.15. The Morgan fingerprint density at radius 2 is 2.21 bits per heavy atom. The van der Waals surface area contributed by atoms with Crippen molar-refractivity contribution in [3.8, 4) is 5.75 Å². The predicted molar refractivity (Wildman–Crippen MR) is 101 cm³/mol. The number of unbranched alkanes of at least 4 members (excludes halogenated alkanes) is 1. The standard InChI is InChI=1S/C20H24ClNO2/c1-4-5-9-24-18-10-17-20(15(11-21)12-22(17)14(3)23)19-13(2)7-6-8-16(18)19/h6-8,10,15H,4-5,9,11-12H2,1-3H3/t15-/m1/s1. The number of carbonyl (C=O) groups excluding carboxylic acids is 1. The maximum Gasteiger partial charge on any atom is 0.223 e. The summed E-state index contributed by atoms with van der Waals surface area (Å²) in [6.07, 6.45) is 2.11. The largest absolute Gasteiger partial charge is 0.493 e. The van der Waals surface area contributed by atoms with E-state index in [1.165, 1.54) is 16.5 Å². The van der Waals surface area contributed by atoms with Gasteiger partial charge < -0.3 is 9.64 Å². The third-order valence-electron chi connectivity index (χ3n) is 4.78. The van der Waals surface area contributed by atoms with Crippen LogP contribution < -0.4 is 9.64 Å². The fraction of sp³-hybridized carbons (Fsp3) is 0.450. The van der Waals surface area contributed by atoms with Gasteiger partial charge in [0.1, 0.15) is 5.75 Å². The van der Waals surface area contributed by atoms with E-state index in [9.17, 15) is 4.79 Å². The molecule has 0 N–H and O–H groups in total. The molecule has 0 fully saturated rings. The van der Waals surface area contributed by atoms with E-state index in [0.29, 0.717) is 19.0 Å². The quantitative estimate of drug-likeness (QED) is 0.562. The molecule has 2 aromatic rings. The summed E-state index contributed by atoms with van der Waals surface area (Å²) in [5, 5.41) is 2.31. The van der Waals surface area contributed by atoms with Crippen molar-refractivity contribution in [2.24, 2.45) is 0 Å². The molecule has 1 atom stereocenters. The highest BCUT2D eigenvalue weighted by Gasteiger charge is 2.33. The molecule has 24 heavy (non-hydrogen) atoms. The number of aryl methyl sites for hydroxylation is 1. The average Bonchev–Trinajstić information content (AvgIpc) is 2.94. The lowest BCUT2D eigenvalue weighted by Gasteiger charge is -2.19. The average molecular weight is 346 g/mol. The minimum atomic E-state index is 0.0521. The summed E-state index contributed by atoms with van der Waals surface area (Å²) < 4.78 is 6.07. The Labute approximate surface area is 148 Å². The second-order valence-electron chi connectivity index (χ2n) is 6.49. The highest BCUT2D eigenvalue weighted by atomic mass is 35.5. The molecule has 3 nitrogen and oxygen atoms in total. The molecule has 128 valence electrons. The van der Waals surface area contributed by atoms with Crippen molar-refractivity contribution in [1.29, 1.82) is 0 Å². The molecule has 0 saturated carbocycles. The van der Waals surface area contributed by atoms with Crippen LogP contribution in [0.5, 0.6) is 5.75 Å². The van der Waals surface area contributed by atoms with Gasteiger partial charge in [0.2, 0.25) is 5.91 Å². The highest BCUT2D eigenvalue weighted by Crippen LogP contribution is 2.46. The molecule has 0 spiro atoms. The first-order chi connectivity index (χ1) is 11.6. The van der Waals surface area contributed by atoms with Gasteiger partial charge in [-0.3, -0.25) is 4.79 Å². The number of fused-ring (bicyclic) bond motifs is 3. The first kappa shape index (κ1) is 17.1. The van der Waals surface area contributed by atoms with Gasteiger partial charge >= 0.3 is 0 Å². The molecule has 1 heterocycles. The van der Waals surface area contributed by atoms with Crippen LogP contribution >= 0.6 is 11.6 Å². The molecule has 1 amide bonds. The number of amides is 1. The van der Waals surface area contributed by atoms with Crippen LogP contribution in [0.2, 0.25) is 0 Å². The fourth-order valence-corrected chi connectivity index (χ4v) is 3.81. The van der Waals surface area contributed by atoms with Crippen molar-refractivity contribution in [2.75, 3.05) is 23.9 Å². The van der Waals surface area contributed by atoms with Crippen LogP contribution in [0.3, 0.4) is 0 Å². The fourth-order valence-electron chi connectivity index (χ4n) is 3.55. The number of anilines is 1. The topological polar surface area (TPSA) is 29.5 Å². The second kappa shape index (κ2) is 7.02. The van der Waals surface area contributed by atoms with Gasteiger partial charge in [-0.05, 0) is 29.9 Å². The predicted octanol–water partition coefficient (Wildman–Crippen LogP) is 5.02. The van der Waals surface area contributed by atoms with E-state index in [-0.39, 0.29) is 11.8 Å². The Morgan fingerprint density at radius 3 is 2.88 bits per heavy atom. The number of halogens is 1. The van der Waals surface area contributed by atoms with Crippen molar-refractivity contribution < 1.29 is 9.53 Å². The van der Waals surface area contributed by atoms with Crippen molar-refractivity contribution >= 4 is 34.0 Å². The number of rotatable bonds is 5. The molecule has 1 aliphatic rings. The number of nitrogens with zero attached hydrogens (tertiary/aromatic N) is 1. The number of hydrogen-bond donors (Lipinski definition) is 0. The Kier molecular flexibility index (Phi) is 5.00. The number of ether oxygens (including phenoxy) is 1. The Morgan fingerprint density at radius 1 is 1.42 bits per heavy atom. The van der Waals surface area contributed by atoms with Gasteiger partial charge in [0, 0.05) is 36.7 Å². The zero-order chi connectivity index (χ0) is 17.3. The Bertz CT molecular complexity index is 772. The first-order valence-electron chi connectivity index (χ1n) is 8.61. The summed E-state index contributed by atoms with van der Waals surface area (Å²) in [6, 6.07) is 8.30. The summed E-state index contributed by atoms with van der Waals surface area (Å²) in [7, 11) is 0. The van der Waals surface area contributed by atoms with Crippen LogP contribution in [0.15, 0.2) is 24.3 Å². The third kappa shape index (κ3) is 2.86. The molecule has 0 radical (unpaired) electrons. The van der Waals surface area contributed by atoms with Gasteiger partial charge in [-0.25, -0.2) is 0 Å². The van der Waals surface area contributed by atoms with E-state index in [1.807, 2.05) is 11.0 Å². The molecule has 0 aromatic heterocycles. The summed E-state index contributed by atoms with van der Waals surface area (Å²) in [5.41, 5.74) is 3.35. The zero-order valence-corrected chi connectivity index (χ0v) is 15.3. The lowest BCUT2D eigenvalue weighted by Crippen LogP contribution is -2.27. The number of alkyl halides is 1. The van der Waals surface area contributed by atoms with Crippen LogP contribution in [0.25, 0.3) is 10.8 Å². The van der Waals surface area contributed by atoms with Gasteiger partial charge in [0.25, 0.3) is 0 Å². The van der Waals surface area contributed by atoms with Crippen molar-refractivity contribution in [2.45, 2.75) is 39.5 Å². The smallest absolute Gasteiger partial charge is 0.223 e. The van der Waals surface area contributed by atoms with Gasteiger partial charge in [-0.2, -0.15) is 0 Å². The van der Waals surface area contributed by atoms with Crippen LogP contribution in [0.1, 0.15) is 43.7 Å². The minimum absolute atomic E-state index is 0.0521. The summed E-state index contributed by atoms with van der Waals surface area (Å²) in [6.45, 7) is 7.21. The summed E-state index contributed by atoms with van der Waals surface area (Å²) >= 11 is 6.23. The molecule has 4 heteroatoms. The minimum Gasteiger partial charge on any atom is -0.493 e. The molecule has 0 aliphatic carbocycles. The highest BCUT2D eigenvalue weighted by molar-refractivity contribution is 6.19. The van der Waals surface area contributed by atoms with E-state index < -0.39 is 0 Å². The van der Waals surface area contributed by atoms with Gasteiger partial charge in [-0.1, -0.05) is 31.5 Å². The maximum atomic E-state index is 12.1. The van der Waals surface area contributed by atoms with Crippen LogP contribution in [-0.4, -0.2) is 24.9 Å². The maximum absolute atomic E-state index is 12.1. The molecular weight excluding hydrogens is 322 g/mol.